The summed E-state index contributed by atoms with van der Waals surface area (Å²) in [5.74, 6) is -0.00694. The summed E-state index contributed by atoms with van der Waals surface area (Å²) in [4.78, 5) is 22.4. The summed E-state index contributed by atoms with van der Waals surface area (Å²) in [5.41, 5.74) is 5.52. The highest BCUT2D eigenvalue weighted by molar-refractivity contribution is 5.99. The first-order valence-electron chi connectivity index (χ1n) is 10.6. The smallest absolute Gasteiger partial charge is 0.390 e. The Morgan fingerprint density at radius 3 is 2.59 bits per heavy atom. The Bertz CT molecular complexity index is 1370. The Hall–Kier alpha value is -4.53. The lowest BCUT2D eigenvalue weighted by Gasteiger charge is -2.10. The second-order valence-corrected chi connectivity index (χ2v) is 7.74. The van der Waals surface area contributed by atoms with Crippen LogP contribution in [0.4, 0.5) is 5.82 Å². The van der Waals surface area contributed by atoms with Gasteiger partial charge in [0.2, 0.25) is 0 Å². The van der Waals surface area contributed by atoms with E-state index in [0.29, 0.717) is 18.0 Å². The predicted molar refractivity (Wildman–Crippen MR) is 129 cm³/mol. The van der Waals surface area contributed by atoms with Crippen LogP contribution in [0.25, 0.3) is 10.8 Å². The highest BCUT2D eigenvalue weighted by Crippen LogP contribution is 2.21. The van der Waals surface area contributed by atoms with E-state index in [-0.39, 0.29) is 12.4 Å². The van der Waals surface area contributed by atoms with Crippen LogP contribution < -0.4 is 10.2 Å². The van der Waals surface area contributed by atoms with E-state index < -0.39 is 10.8 Å². The molecule has 9 nitrogen and oxygen atoms in total. The summed E-state index contributed by atoms with van der Waals surface area (Å²) in [6.45, 7) is 3.70. The summed E-state index contributed by atoms with van der Waals surface area (Å²) in [6, 6.07) is 23.1. The van der Waals surface area contributed by atoms with E-state index in [1.165, 1.54) is 21.5 Å². The molecule has 0 aliphatic heterocycles. The number of carbonyl (C=O) groups is 1. The molecule has 0 unspecified atom stereocenters. The van der Waals surface area contributed by atoms with Gasteiger partial charge in [0.1, 0.15) is 18.9 Å². The predicted octanol–water partition coefficient (Wildman–Crippen LogP) is 4.37. The lowest BCUT2D eigenvalue weighted by atomic mass is 10.1. The second-order valence-electron chi connectivity index (χ2n) is 7.74. The average Bonchev–Trinajstić information content (AvgIpc) is 3.21. The van der Waals surface area contributed by atoms with Crippen LogP contribution in [0.1, 0.15) is 23.7 Å². The molecule has 0 saturated heterocycles. The van der Waals surface area contributed by atoms with Gasteiger partial charge in [-0.2, -0.15) is 9.78 Å². The van der Waals surface area contributed by atoms with E-state index in [1.54, 1.807) is 13.8 Å². The molecule has 1 N–H and O–H groups in total. The highest BCUT2D eigenvalue weighted by atomic mass is 16.6. The lowest BCUT2D eigenvalue weighted by Crippen LogP contribution is -2.25. The van der Waals surface area contributed by atoms with Crippen molar-refractivity contribution in [3.05, 3.63) is 99.7 Å². The van der Waals surface area contributed by atoms with Crippen molar-refractivity contribution < 1.29 is 14.5 Å². The molecule has 4 aromatic rings. The number of carbonyl (C=O) groups excluding carboxylic acids is 1. The molecule has 172 valence electrons. The Labute approximate surface area is 195 Å². The van der Waals surface area contributed by atoms with Crippen molar-refractivity contribution >= 4 is 28.2 Å². The molecular weight excluding hydrogens is 434 g/mol. The number of benzene rings is 3. The van der Waals surface area contributed by atoms with Gasteiger partial charge in [0.15, 0.2) is 0 Å². The number of fused-ring (bicyclic) bond motifs is 1. The molecule has 1 amide bonds. The Kier molecular flexibility index (Phi) is 6.63. The molecule has 34 heavy (non-hydrogen) atoms. The van der Waals surface area contributed by atoms with Gasteiger partial charge in [0.25, 0.3) is 5.91 Å². The minimum Gasteiger partial charge on any atom is -0.489 e. The Morgan fingerprint density at radius 2 is 1.85 bits per heavy atom. The van der Waals surface area contributed by atoms with Gasteiger partial charge in [-0.05, 0) is 64.9 Å². The van der Waals surface area contributed by atoms with Gasteiger partial charge in [0.05, 0.1) is 22.6 Å². The van der Waals surface area contributed by atoms with Gasteiger partial charge >= 0.3 is 5.82 Å². The number of nitrogens with zero attached hydrogens (tertiary/aromatic N) is 4. The topological polar surface area (TPSA) is 112 Å². The number of nitro groups is 1. The van der Waals surface area contributed by atoms with Crippen LogP contribution in [0, 0.1) is 17.0 Å². The van der Waals surface area contributed by atoms with Gasteiger partial charge < -0.3 is 14.9 Å². The van der Waals surface area contributed by atoms with E-state index in [0.717, 1.165) is 16.9 Å². The van der Waals surface area contributed by atoms with Gasteiger partial charge in [-0.15, -0.1) is 0 Å². The van der Waals surface area contributed by atoms with Gasteiger partial charge in [-0.3, -0.25) is 4.79 Å². The molecule has 0 fully saturated rings. The molecule has 1 heterocycles. The molecular formula is C25H23N5O4. The molecule has 9 heteroatoms. The first-order valence-corrected chi connectivity index (χ1v) is 10.6. The standard InChI is InChI=1S/C25H23N5O4/c1-17-14-24(30(32)33)28-29(17)15-25(31)27-26-18(2)19-10-12-22(13-11-19)34-16-21-8-5-7-20-6-3-4-9-23(20)21/h3-14H,15-16H2,1-2H3,(H,27,31)/b26-18+. The van der Waals surface area contributed by atoms with Crippen molar-refractivity contribution in [2.24, 2.45) is 5.10 Å². The molecule has 3 aromatic carbocycles. The van der Waals surface area contributed by atoms with E-state index in [2.05, 4.69) is 39.9 Å². The molecule has 0 aliphatic carbocycles. The van der Waals surface area contributed by atoms with Crippen LogP contribution >= 0.6 is 0 Å². The summed E-state index contributed by atoms with van der Waals surface area (Å²) < 4.78 is 7.23. The third-order valence-corrected chi connectivity index (χ3v) is 5.34. The number of aromatic nitrogens is 2. The van der Waals surface area contributed by atoms with Crippen LogP contribution in [0.3, 0.4) is 0 Å². The molecule has 1 aromatic heterocycles. The number of ether oxygens (including phenoxy) is 1. The number of amides is 1. The van der Waals surface area contributed by atoms with Crippen molar-refractivity contribution in [3.8, 4) is 5.75 Å². The maximum absolute atomic E-state index is 12.2. The third kappa shape index (κ3) is 5.26. The number of aryl methyl sites for hydroxylation is 1. The van der Waals surface area contributed by atoms with E-state index in [1.807, 2.05) is 42.5 Å². The fourth-order valence-electron chi connectivity index (χ4n) is 3.50. The SMILES string of the molecule is C/C(=N\NC(=O)Cn1nc([N+](=O)[O-])cc1C)c1ccc(OCc2cccc3ccccc23)cc1. The van der Waals surface area contributed by atoms with Crippen LogP contribution in [0.15, 0.2) is 77.9 Å². The van der Waals surface area contributed by atoms with Crippen molar-refractivity contribution in [2.45, 2.75) is 27.0 Å². The van der Waals surface area contributed by atoms with Crippen molar-refractivity contribution in [1.29, 1.82) is 0 Å². The van der Waals surface area contributed by atoms with E-state index in [9.17, 15) is 14.9 Å². The highest BCUT2D eigenvalue weighted by Gasteiger charge is 2.17. The average molecular weight is 457 g/mol. The lowest BCUT2D eigenvalue weighted by molar-refractivity contribution is -0.389. The minimum atomic E-state index is -0.598. The van der Waals surface area contributed by atoms with Crippen LogP contribution in [0.5, 0.6) is 5.75 Å². The zero-order chi connectivity index (χ0) is 24.1. The van der Waals surface area contributed by atoms with Crippen LogP contribution in [-0.4, -0.2) is 26.3 Å². The normalized spacial score (nSPS) is 11.4. The first kappa shape index (κ1) is 22.7. The monoisotopic (exact) mass is 457 g/mol. The molecule has 0 bridgehead atoms. The molecule has 0 saturated carbocycles. The molecule has 0 spiro atoms. The Balaban J connectivity index is 1.34. The Morgan fingerprint density at radius 1 is 1.12 bits per heavy atom. The zero-order valence-electron chi connectivity index (χ0n) is 18.8. The fraction of sp³-hybridized carbons (Fsp3) is 0.160. The maximum Gasteiger partial charge on any atom is 0.390 e. The van der Waals surface area contributed by atoms with Gasteiger partial charge in [-0.1, -0.05) is 42.5 Å². The molecule has 0 atom stereocenters. The summed E-state index contributed by atoms with van der Waals surface area (Å²) in [5, 5.41) is 21.1. The quantitative estimate of drug-likeness (QED) is 0.240. The second kappa shape index (κ2) is 9.95. The zero-order valence-corrected chi connectivity index (χ0v) is 18.8. The molecule has 0 radical (unpaired) electrons. The summed E-state index contributed by atoms with van der Waals surface area (Å²) >= 11 is 0. The molecule has 0 aliphatic rings. The number of hydrogen-bond donors (Lipinski definition) is 1. The number of hydrogen-bond acceptors (Lipinski definition) is 6. The van der Waals surface area contributed by atoms with Gasteiger partial charge in [-0.25, -0.2) is 5.43 Å². The summed E-state index contributed by atoms with van der Waals surface area (Å²) in [7, 11) is 0. The molecule has 4 rings (SSSR count). The number of nitrogens with one attached hydrogen (secondary N) is 1. The van der Waals surface area contributed by atoms with E-state index in [4.69, 9.17) is 4.74 Å². The van der Waals surface area contributed by atoms with E-state index >= 15 is 0 Å². The summed E-state index contributed by atoms with van der Waals surface area (Å²) in [6.07, 6.45) is 0. The minimum absolute atomic E-state index is 0.169. The van der Waals surface area contributed by atoms with Gasteiger partial charge in [0, 0.05) is 0 Å². The van der Waals surface area contributed by atoms with Crippen molar-refractivity contribution in [2.75, 3.05) is 0 Å². The largest absolute Gasteiger partial charge is 0.489 e. The number of rotatable bonds is 8. The maximum atomic E-state index is 12.2. The fourth-order valence-corrected chi connectivity index (χ4v) is 3.50. The van der Waals surface area contributed by atoms with Crippen LogP contribution in [-0.2, 0) is 17.9 Å². The van der Waals surface area contributed by atoms with Crippen LogP contribution in [0.2, 0.25) is 0 Å². The van der Waals surface area contributed by atoms with Crippen molar-refractivity contribution in [3.63, 3.8) is 0 Å². The number of hydrazone groups is 1. The first-order chi connectivity index (χ1) is 16.4. The van der Waals surface area contributed by atoms with Crippen molar-refractivity contribution in [1.82, 2.24) is 15.2 Å². The third-order valence-electron chi connectivity index (χ3n) is 5.34.